The first-order valence-corrected chi connectivity index (χ1v) is 7.09. The molecule has 1 heterocycles. The average molecular weight is 330 g/mol. The van der Waals surface area contributed by atoms with Gasteiger partial charge in [-0.2, -0.15) is 4.98 Å². The van der Waals surface area contributed by atoms with Crippen LogP contribution in [0.25, 0.3) is 0 Å². The van der Waals surface area contributed by atoms with Crippen LogP contribution in [0.4, 0.5) is 11.8 Å². The number of halogens is 1. The summed E-state index contributed by atoms with van der Waals surface area (Å²) in [5.41, 5.74) is 0. The maximum absolute atomic E-state index is 11.6. The van der Waals surface area contributed by atoms with Gasteiger partial charge in [0.25, 0.3) is 0 Å². The second kappa shape index (κ2) is 7.93. The number of hydrogen-bond donors (Lipinski definition) is 3. The fourth-order valence-electron chi connectivity index (χ4n) is 1.28. The second-order valence-electron chi connectivity index (χ2n) is 4.47. The lowest BCUT2D eigenvalue weighted by molar-refractivity contribution is -0.119. The normalized spacial score (nSPS) is 10.4. The minimum Gasteiger partial charge on any atom is -0.360 e. The van der Waals surface area contributed by atoms with E-state index in [1.54, 1.807) is 6.20 Å². The zero-order valence-electron chi connectivity index (χ0n) is 11.5. The Hall–Kier alpha value is -1.37. The van der Waals surface area contributed by atoms with E-state index in [9.17, 15) is 4.79 Å². The Labute approximate surface area is 121 Å². The molecule has 0 unspecified atom stereocenters. The van der Waals surface area contributed by atoms with Crippen molar-refractivity contribution in [3.63, 3.8) is 0 Å². The average Bonchev–Trinajstić information content (AvgIpc) is 2.37. The number of aromatic nitrogens is 2. The van der Waals surface area contributed by atoms with Gasteiger partial charge in [0, 0.05) is 19.3 Å². The van der Waals surface area contributed by atoms with Gasteiger partial charge >= 0.3 is 0 Å². The van der Waals surface area contributed by atoms with E-state index in [4.69, 9.17) is 0 Å². The van der Waals surface area contributed by atoms with E-state index in [0.717, 1.165) is 11.0 Å². The van der Waals surface area contributed by atoms with Gasteiger partial charge in [0.15, 0.2) is 0 Å². The van der Waals surface area contributed by atoms with Crippen molar-refractivity contribution < 1.29 is 4.79 Å². The van der Waals surface area contributed by atoms with E-state index < -0.39 is 0 Å². The largest absolute Gasteiger partial charge is 0.360 e. The van der Waals surface area contributed by atoms with E-state index in [2.05, 4.69) is 55.7 Å². The van der Waals surface area contributed by atoms with Crippen molar-refractivity contribution in [2.45, 2.75) is 20.8 Å². The van der Waals surface area contributed by atoms with Crippen LogP contribution in [-0.2, 0) is 4.79 Å². The summed E-state index contributed by atoms with van der Waals surface area (Å²) in [5.74, 6) is 1.53. The zero-order valence-corrected chi connectivity index (χ0v) is 13.0. The van der Waals surface area contributed by atoms with E-state index in [0.29, 0.717) is 24.2 Å². The van der Waals surface area contributed by atoms with Crippen LogP contribution in [0, 0.1) is 5.92 Å². The summed E-state index contributed by atoms with van der Waals surface area (Å²) < 4.78 is 0.728. The first kappa shape index (κ1) is 15.7. The molecular formula is C12H20BrN5O. The number of anilines is 2. The molecule has 0 bridgehead atoms. The number of carbonyl (C=O) groups is 1. The molecule has 0 spiro atoms. The third-order valence-corrected chi connectivity index (χ3v) is 2.78. The highest BCUT2D eigenvalue weighted by Crippen LogP contribution is 2.19. The summed E-state index contributed by atoms with van der Waals surface area (Å²) in [6.07, 6.45) is 1.65. The smallest absolute Gasteiger partial charge is 0.239 e. The molecule has 7 heteroatoms. The van der Waals surface area contributed by atoms with E-state index in [-0.39, 0.29) is 12.5 Å². The zero-order chi connectivity index (χ0) is 14.3. The number of rotatable bonds is 7. The first-order chi connectivity index (χ1) is 9.02. The molecule has 1 aromatic heterocycles. The molecule has 1 aromatic rings. The van der Waals surface area contributed by atoms with Gasteiger partial charge < -0.3 is 16.0 Å². The molecule has 106 valence electrons. The summed E-state index contributed by atoms with van der Waals surface area (Å²) in [6.45, 7) is 7.69. The number of amides is 1. The molecule has 0 radical (unpaired) electrons. The topological polar surface area (TPSA) is 78.9 Å². The predicted molar refractivity (Wildman–Crippen MR) is 80.2 cm³/mol. The summed E-state index contributed by atoms with van der Waals surface area (Å²) >= 11 is 3.35. The third kappa shape index (κ3) is 5.87. The SMILES string of the molecule is CCNc1ncc(Br)c(NCC(=O)NCC(C)C)n1. The highest BCUT2D eigenvalue weighted by Gasteiger charge is 2.07. The second-order valence-corrected chi connectivity index (χ2v) is 5.33. The maximum atomic E-state index is 11.6. The van der Waals surface area contributed by atoms with Crippen molar-refractivity contribution in [3.05, 3.63) is 10.7 Å². The molecule has 0 atom stereocenters. The van der Waals surface area contributed by atoms with Crippen molar-refractivity contribution in [3.8, 4) is 0 Å². The first-order valence-electron chi connectivity index (χ1n) is 6.30. The van der Waals surface area contributed by atoms with Crippen LogP contribution in [0.15, 0.2) is 10.7 Å². The molecule has 1 rings (SSSR count). The Balaban J connectivity index is 2.52. The van der Waals surface area contributed by atoms with Crippen molar-refractivity contribution in [1.82, 2.24) is 15.3 Å². The summed E-state index contributed by atoms with van der Waals surface area (Å²) in [7, 11) is 0. The van der Waals surface area contributed by atoms with Crippen molar-refractivity contribution in [2.75, 3.05) is 30.3 Å². The van der Waals surface area contributed by atoms with Gasteiger partial charge in [0.1, 0.15) is 5.82 Å². The van der Waals surface area contributed by atoms with Crippen molar-refractivity contribution >= 4 is 33.6 Å². The summed E-state index contributed by atoms with van der Waals surface area (Å²) in [5, 5.41) is 8.84. The van der Waals surface area contributed by atoms with Gasteiger partial charge in [0.05, 0.1) is 11.0 Å². The van der Waals surface area contributed by atoms with Gasteiger partial charge in [-0.05, 0) is 28.8 Å². The summed E-state index contributed by atoms with van der Waals surface area (Å²) in [6, 6.07) is 0. The van der Waals surface area contributed by atoms with Crippen LogP contribution >= 0.6 is 15.9 Å². The molecule has 0 aliphatic heterocycles. The minimum atomic E-state index is -0.0517. The third-order valence-electron chi connectivity index (χ3n) is 2.20. The molecule has 0 aromatic carbocycles. The number of carbonyl (C=O) groups excluding carboxylic acids is 1. The molecular weight excluding hydrogens is 310 g/mol. The molecule has 6 nitrogen and oxygen atoms in total. The number of hydrogen-bond acceptors (Lipinski definition) is 5. The fourth-order valence-corrected chi connectivity index (χ4v) is 1.61. The molecule has 1 amide bonds. The predicted octanol–water partition coefficient (Wildman–Crippen LogP) is 1.85. The van der Waals surface area contributed by atoms with Crippen LogP contribution in [-0.4, -0.2) is 35.5 Å². The minimum absolute atomic E-state index is 0.0517. The van der Waals surface area contributed by atoms with E-state index in [1.165, 1.54) is 0 Å². The lowest BCUT2D eigenvalue weighted by Gasteiger charge is -2.10. The molecule has 0 aliphatic carbocycles. The van der Waals surface area contributed by atoms with Gasteiger partial charge in [-0.15, -0.1) is 0 Å². The Bertz CT molecular complexity index is 425. The molecule has 0 fully saturated rings. The molecule has 3 N–H and O–H groups in total. The molecule has 0 saturated heterocycles. The lowest BCUT2D eigenvalue weighted by atomic mass is 10.2. The van der Waals surface area contributed by atoms with E-state index >= 15 is 0 Å². The number of nitrogens with zero attached hydrogens (tertiary/aromatic N) is 2. The lowest BCUT2D eigenvalue weighted by Crippen LogP contribution is -2.32. The van der Waals surface area contributed by atoms with Gasteiger partial charge in [0.2, 0.25) is 11.9 Å². The highest BCUT2D eigenvalue weighted by molar-refractivity contribution is 9.10. The molecule has 0 saturated carbocycles. The van der Waals surface area contributed by atoms with Crippen LogP contribution < -0.4 is 16.0 Å². The van der Waals surface area contributed by atoms with Crippen LogP contribution in [0.3, 0.4) is 0 Å². The van der Waals surface area contributed by atoms with Gasteiger partial charge in [-0.25, -0.2) is 4.98 Å². The van der Waals surface area contributed by atoms with E-state index in [1.807, 2.05) is 6.92 Å². The van der Waals surface area contributed by atoms with Crippen molar-refractivity contribution in [1.29, 1.82) is 0 Å². The highest BCUT2D eigenvalue weighted by atomic mass is 79.9. The molecule has 19 heavy (non-hydrogen) atoms. The van der Waals surface area contributed by atoms with Crippen LogP contribution in [0.2, 0.25) is 0 Å². The number of nitrogens with one attached hydrogen (secondary N) is 3. The quantitative estimate of drug-likeness (QED) is 0.711. The monoisotopic (exact) mass is 329 g/mol. The Morgan fingerprint density at radius 3 is 2.79 bits per heavy atom. The Morgan fingerprint density at radius 1 is 1.42 bits per heavy atom. The van der Waals surface area contributed by atoms with Crippen molar-refractivity contribution in [2.24, 2.45) is 5.92 Å². The van der Waals surface area contributed by atoms with Gasteiger partial charge in [-0.1, -0.05) is 13.8 Å². The molecule has 0 aliphatic rings. The maximum Gasteiger partial charge on any atom is 0.239 e. The van der Waals surface area contributed by atoms with Crippen LogP contribution in [0.1, 0.15) is 20.8 Å². The Morgan fingerprint density at radius 2 is 2.16 bits per heavy atom. The Kier molecular flexibility index (Phi) is 6.55. The standard InChI is InChI=1S/C12H20BrN5O/c1-4-14-12-17-6-9(13)11(18-12)16-7-10(19)15-5-8(2)3/h6,8H,4-5,7H2,1-3H3,(H,15,19)(H2,14,16,17,18). The van der Waals surface area contributed by atoms with Gasteiger partial charge in [-0.3, -0.25) is 4.79 Å². The summed E-state index contributed by atoms with van der Waals surface area (Å²) in [4.78, 5) is 20.0. The fraction of sp³-hybridized carbons (Fsp3) is 0.583. The van der Waals surface area contributed by atoms with Crippen LogP contribution in [0.5, 0.6) is 0 Å².